The zero-order valence-electron chi connectivity index (χ0n) is 12.4. The van der Waals surface area contributed by atoms with Gasteiger partial charge >= 0.3 is 0 Å². The molecule has 0 atom stereocenters. The molecule has 0 aliphatic carbocycles. The highest BCUT2D eigenvalue weighted by molar-refractivity contribution is 6.35. The van der Waals surface area contributed by atoms with Crippen LogP contribution >= 0.6 is 23.2 Å². The van der Waals surface area contributed by atoms with Gasteiger partial charge in [-0.05, 0) is 37.5 Å². The van der Waals surface area contributed by atoms with Gasteiger partial charge in [0.05, 0.1) is 5.02 Å². The third-order valence-corrected chi connectivity index (χ3v) is 4.18. The molecule has 1 aromatic heterocycles. The molecule has 0 radical (unpaired) electrons. The average Bonchev–Trinajstić information content (AvgIpc) is 2.98. The van der Waals surface area contributed by atoms with Gasteiger partial charge in [0.2, 0.25) is 17.5 Å². The first kappa shape index (κ1) is 16.0. The molecule has 1 aliphatic rings. The molecule has 120 valence electrons. The van der Waals surface area contributed by atoms with E-state index in [0.717, 1.165) is 25.9 Å². The number of oxazole rings is 1. The number of ether oxygens (including phenoxy) is 1. The van der Waals surface area contributed by atoms with Crippen LogP contribution in [0.3, 0.4) is 0 Å². The second-order valence-electron chi connectivity index (χ2n) is 5.28. The van der Waals surface area contributed by atoms with Gasteiger partial charge in [-0.15, -0.1) is 0 Å². The molecule has 0 unspecified atom stereocenters. The van der Waals surface area contributed by atoms with Gasteiger partial charge in [-0.2, -0.15) is 10.2 Å². The van der Waals surface area contributed by atoms with E-state index in [1.165, 1.54) is 6.42 Å². The number of piperidine rings is 1. The number of hydrogen-bond donors (Lipinski definition) is 0. The lowest BCUT2D eigenvalue weighted by Gasteiger charge is -2.25. The normalized spacial score (nSPS) is 14.6. The Hall–Kier alpha value is -1.90. The number of hydrogen-bond acceptors (Lipinski definition) is 5. The van der Waals surface area contributed by atoms with Crippen LogP contribution in [-0.2, 0) is 6.61 Å². The first-order valence-electron chi connectivity index (χ1n) is 7.40. The van der Waals surface area contributed by atoms with Gasteiger partial charge in [-0.25, -0.2) is 0 Å². The summed E-state index contributed by atoms with van der Waals surface area (Å²) in [5, 5.41) is 10.2. The molecule has 0 saturated carbocycles. The van der Waals surface area contributed by atoms with E-state index in [1.807, 2.05) is 0 Å². The molecular weight excluding hydrogens is 337 g/mol. The van der Waals surface area contributed by atoms with Gasteiger partial charge in [0.15, 0.2) is 6.61 Å². The summed E-state index contributed by atoms with van der Waals surface area (Å²) in [5.41, 5.74) is 0.299. The van der Waals surface area contributed by atoms with E-state index >= 15 is 0 Å². The second-order valence-corrected chi connectivity index (χ2v) is 6.13. The zero-order valence-corrected chi connectivity index (χ0v) is 13.9. The quantitative estimate of drug-likeness (QED) is 0.815. The molecule has 0 bridgehead atoms. The first-order chi connectivity index (χ1) is 11.2. The van der Waals surface area contributed by atoms with Crippen LogP contribution in [0.25, 0.3) is 0 Å². The average molecular weight is 352 g/mol. The van der Waals surface area contributed by atoms with Crippen LogP contribution in [-0.4, -0.2) is 18.1 Å². The second kappa shape index (κ2) is 7.12. The fourth-order valence-electron chi connectivity index (χ4n) is 2.53. The summed E-state index contributed by atoms with van der Waals surface area (Å²) in [7, 11) is 0. The number of nitriles is 1. The highest BCUT2D eigenvalue weighted by Crippen LogP contribution is 2.29. The Bertz CT molecular complexity index is 733. The maximum atomic E-state index is 9.25. The minimum atomic E-state index is 0.101. The van der Waals surface area contributed by atoms with Crippen molar-refractivity contribution in [3.8, 4) is 11.8 Å². The van der Waals surface area contributed by atoms with Crippen molar-refractivity contribution in [3.63, 3.8) is 0 Å². The van der Waals surface area contributed by atoms with Crippen molar-refractivity contribution in [1.82, 2.24) is 4.98 Å². The summed E-state index contributed by atoms with van der Waals surface area (Å²) in [5.74, 6) is 1.38. The zero-order chi connectivity index (χ0) is 16.2. The van der Waals surface area contributed by atoms with Crippen molar-refractivity contribution < 1.29 is 9.15 Å². The van der Waals surface area contributed by atoms with E-state index in [4.69, 9.17) is 32.4 Å². The molecular formula is C16H15Cl2N3O2. The third-order valence-electron chi connectivity index (χ3n) is 3.65. The number of halogens is 2. The molecule has 5 nitrogen and oxygen atoms in total. The molecule has 0 amide bonds. The van der Waals surface area contributed by atoms with E-state index in [2.05, 4.69) is 16.0 Å². The van der Waals surface area contributed by atoms with Crippen molar-refractivity contribution >= 4 is 29.1 Å². The molecule has 7 heteroatoms. The predicted octanol–water partition coefficient (Wildman–Crippen LogP) is 4.42. The minimum Gasteiger partial charge on any atom is -0.482 e. The van der Waals surface area contributed by atoms with Crippen LogP contribution in [0.15, 0.2) is 22.6 Å². The molecule has 2 aromatic rings. The first-order valence-corrected chi connectivity index (χ1v) is 8.15. The number of benzene rings is 1. The summed E-state index contributed by atoms with van der Waals surface area (Å²) in [6.07, 6.45) is 3.40. The Morgan fingerprint density at radius 3 is 2.74 bits per heavy atom. The lowest BCUT2D eigenvalue weighted by atomic mass is 10.1. The van der Waals surface area contributed by atoms with Crippen molar-refractivity contribution in [1.29, 1.82) is 5.26 Å². The largest absolute Gasteiger partial charge is 0.482 e. The Morgan fingerprint density at radius 1 is 1.26 bits per heavy atom. The van der Waals surface area contributed by atoms with E-state index in [0.29, 0.717) is 33.3 Å². The molecule has 1 aliphatic heterocycles. The van der Waals surface area contributed by atoms with Crippen molar-refractivity contribution in [2.75, 3.05) is 18.0 Å². The summed E-state index contributed by atoms with van der Waals surface area (Å²) in [6.45, 7) is 1.87. The van der Waals surface area contributed by atoms with E-state index in [9.17, 15) is 5.26 Å². The van der Waals surface area contributed by atoms with Gasteiger partial charge in [0.25, 0.3) is 0 Å². The standard InChI is InChI=1S/C16H15Cl2N3O2/c17-11-4-5-14(12(18)8-11)22-10-15-20-13(9-19)16(23-15)21-6-2-1-3-7-21/h4-5,8H,1-3,6-7,10H2. The monoisotopic (exact) mass is 351 g/mol. The van der Waals surface area contributed by atoms with Gasteiger partial charge < -0.3 is 14.1 Å². The molecule has 3 rings (SSSR count). The van der Waals surface area contributed by atoms with Crippen molar-refractivity contribution in [3.05, 3.63) is 39.8 Å². The lowest BCUT2D eigenvalue weighted by Crippen LogP contribution is -2.29. The summed E-state index contributed by atoms with van der Waals surface area (Å²) in [6, 6.07) is 7.07. The molecule has 23 heavy (non-hydrogen) atoms. The van der Waals surface area contributed by atoms with Crippen LogP contribution < -0.4 is 9.64 Å². The molecule has 0 spiro atoms. The Morgan fingerprint density at radius 2 is 2.04 bits per heavy atom. The predicted molar refractivity (Wildman–Crippen MR) is 88.1 cm³/mol. The minimum absolute atomic E-state index is 0.101. The van der Waals surface area contributed by atoms with E-state index < -0.39 is 0 Å². The maximum absolute atomic E-state index is 9.25. The van der Waals surface area contributed by atoms with Gasteiger partial charge in [-0.3, -0.25) is 0 Å². The summed E-state index contributed by atoms with van der Waals surface area (Å²) >= 11 is 11.9. The number of rotatable bonds is 4. The lowest BCUT2D eigenvalue weighted by molar-refractivity contribution is 0.263. The number of nitrogens with zero attached hydrogens (tertiary/aromatic N) is 3. The highest BCUT2D eigenvalue weighted by atomic mass is 35.5. The summed E-state index contributed by atoms with van der Waals surface area (Å²) < 4.78 is 11.3. The molecule has 2 heterocycles. The number of aromatic nitrogens is 1. The Kier molecular flexibility index (Phi) is 4.94. The molecule has 0 N–H and O–H groups in total. The fraction of sp³-hybridized carbons (Fsp3) is 0.375. The maximum Gasteiger partial charge on any atom is 0.236 e. The van der Waals surface area contributed by atoms with Crippen LogP contribution in [0.4, 0.5) is 5.88 Å². The highest BCUT2D eigenvalue weighted by Gasteiger charge is 2.21. The Balaban J connectivity index is 1.73. The van der Waals surface area contributed by atoms with Gasteiger partial charge in [0.1, 0.15) is 11.8 Å². The summed E-state index contributed by atoms with van der Waals surface area (Å²) in [4.78, 5) is 6.27. The SMILES string of the molecule is N#Cc1nc(COc2ccc(Cl)cc2Cl)oc1N1CCCCC1. The molecule has 1 fully saturated rings. The number of anilines is 1. The van der Waals surface area contributed by atoms with Crippen LogP contribution in [0.1, 0.15) is 30.8 Å². The topological polar surface area (TPSA) is 62.3 Å². The van der Waals surface area contributed by atoms with Crippen LogP contribution in [0.2, 0.25) is 10.0 Å². The van der Waals surface area contributed by atoms with E-state index in [1.54, 1.807) is 18.2 Å². The van der Waals surface area contributed by atoms with Crippen LogP contribution in [0, 0.1) is 11.3 Å². The molecule has 1 saturated heterocycles. The third kappa shape index (κ3) is 3.72. The molecule has 1 aromatic carbocycles. The van der Waals surface area contributed by atoms with Crippen molar-refractivity contribution in [2.24, 2.45) is 0 Å². The van der Waals surface area contributed by atoms with E-state index in [-0.39, 0.29) is 6.61 Å². The van der Waals surface area contributed by atoms with Crippen LogP contribution in [0.5, 0.6) is 5.75 Å². The smallest absolute Gasteiger partial charge is 0.236 e. The van der Waals surface area contributed by atoms with Crippen molar-refractivity contribution in [2.45, 2.75) is 25.9 Å². The fourth-order valence-corrected chi connectivity index (χ4v) is 3.00. The van der Waals surface area contributed by atoms with Gasteiger partial charge in [-0.1, -0.05) is 23.2 Å². The van der Waals surface area contributed by atoms with Gasteiger partial charge in [0, 0.05) is 18.1 Å². The Labute approximate surface area is 144 Å².